The van der Waals surface area contributed by atoms with Crippen LogP contribution in [0.4, 0.5) is 4.39 Å². The number of hydrogen-bond donors (Lipinski definition) is 0. The number of hydrogen-bond acceptors (Lipinski definition) is 3. The van der Waals surface area contributed by atoms with Crippen molar-refractivity contribution in [3.8, 4) is 6.07 Å². The van der Waals surface area contributed by atoms with E-state index >= 15 is 0 Å². The first kappa shape index (κ1) is 15.7. The molecule has 120 valence electrons. The van der Waals surface area contributed by atoms with Gasteiger partial charge in [-0.25, -0.2) is 9.07 Å². The summed E-state index contributed by atoms with van der Waals surface area (Å²) >= 11 is 0. The molecular weight excluding hydrogens is 291 g/mol. The summed E-state index contributed by atoms with van der Waals surface area (Å²) in [5.74, 6) is 0.479. The Kier molecular flexibility index (Phi) is 5.02. The van der Waals surface area contributed by atoms with E-state index in [-0.39, 0.29) is 5.82 Å². The van der Waals surface area contributed by atoms with Crippen LogP contribution < -0.4 is 0 Å². The normalized spacial score (nSPS) is 15.5. The monoisotopic (exact) mass is 312 g/mol. The average molecular weight is 312 g/mol. The lowest BCUT2D eigenvalue weighted by Crippen LogP contribution is -2.12. The predicted molar refractivity (Wildman–Crippen MR) is 85.1 cm³/mol. The van der Waals surface area contributed by atoms with Gasteiger partial charge in [0, 0.05) is 5.56 Å². The Balaban J connectivity index is 1.74. The summed E-state index contributed by atoms with van der Waals surface area (Å²) < 4.78 is 15.5. The zero-order valence-corrected chi connectivity index (χ0v) is 13.2. The van der Waals surface area contributed by atoms with Gasteiger partial charge >= 0.3 is 0 Å². The van der Waals surface area contributed by atoms with Gasteiger partial charge in [-0.15, -0.1) is 5.10 Å². The first-order valence-corrected chi connectivity index (χ1v) is 8.34. The molecule has 0 radical (unpaired) electrons. The van der Waals surface area contributed by atoms with Gasteiger partial charge in [-0.3, -0.25) is 0 Å². The molecule has 0 unspecified atom stereocenters. The molecule has 1 saturated carbocycles. The largest absolute Gasteiger partial charge is 0.243 e. The summed E-state index contributed by atoms with van der Waals surface area (Å²) in [4.78, 5) is 0. The van der Waals surface area contributed by atoms with Crippen molar-refractivity contribution in [3.63, 3.8) is 0 Å². The van der Waals surface area contributed by atoms with E-state index < -0.39 is 0 Å². The van der Waals surface area contributed by atoms with Gasteiger partial charge in [-0.1, -0.05) is 55.5 Å². The van der Waals surface area contributed by atoms with Gasteiger partial charge in [-0.05, 0) is 24.8 Å². The number of benzene rings is 1. The Morgan fingerprint density at radius 2 is 2.00 bits per heavy atom. The van der Waals surface area contributed by atoms with Crippen LogP contribution in [-0.2, 0) is 13.0 Å². The minimum atomic E-state index is -0.250. The van der Waals surface area contributed by atoms with E-state index in [1.165, 1.54) is 38.2 Å². The molecule has 0 amide bonds. The second-order valence-electron chi connectivity index (χ2n) is 6.29. The molecule has 0 saturated heterocycles. The minimum absolute atomic E-state index is 0.250. The van der Waals surface area contributed by atoms with E-state index in [4.69, 9.17) is 0 Å². The second kappa shape index (κ2) is 7.36. The number of rotatable bonds is 5. The van der Waals surface area contributed by atoms with Gasteiger partial charge in [0.15, 0.2) is 5.69 Å². The van der Waals surface area contributed by atoms with Crippen LogP contribution in [0.1, 0.15) is 55.5 Å². The van der Waals surface area contributed by atoms with E-state index in [0.29, 0.717) is 17.8 Å². The van der Waals surface area contributed by atoms with Crippen molar-refractivity contribution in [2.45, 2.75) is 51.5 Å². The quantitative estimate of drug-likeness (QED) is 0.842. The fourth-order valence-corrected chi connectivity index (χ4v) is 3.40. The fourth-order valence-electron chi connectivity index (χ4n) is 3.40. The summed E-state index contributed by atoms with van der Waals surface area (Å²) in [6.07, 6.45) is 8.35. The van der Waals surface area contributed by atoms with Crippen LogP contribution in [0.25, 0.3) is 0 Å². The topological polar surface area (TPSA) is 54.5 Å². The third-order valence-electron chi connectivity index (χ3n) is 4.74. The van der Waals surface area contributed by atoms with Gasteiger partial charge in [0.05, 0.1) is 12.2 Å². The zero-order valence-electron chi connectivity index (χ0n) is 13.2. The molecule has 1 aliphatic rings. The Labute approximate surface area is 135 Å². The number of nitrogens with zero attached hydrogens (tertiary/aromatic N) is 4. The van der Waals surface area contributed by atoms with E-state index in [2.05, 4.69) is 16.4 Å². The third-order valence-corrected chi connectivity index (χ3v) is 4.74. The van der Waals surface area contributed by atoms with Crippen molar-refractivity contribution in [1.29, 1.82) is 5.26 Å². The van der Waals surface area contributed by atoms with Gasteiger partial charge in [-0.2, -0.15) is 5.26 Å². The van der Waals surface area contributed by atoms with Gasteiger partial charge in [0.2, 0.25) is 0 Å². The number of nitriles is 1. The second-order valence-corrected chi connectivity index (χ2v) is 6.29. The maximum Gasteiger partial charge on any atom is 0.185 e. The van der Waals surface area contributed by atoms with Crippen LogP contribution >= 0.6 is 0 Å². The molecule has 0 bridgehead atoms. The molecule has 1 aromatic carbocycles. The van der Waals surface area contributed by atoms with Crippen molar-refractivity contribution < 1.29 is 4.39 Å². The molecule has 5 heteroatoms. The lowest BCUT2D eigenvalue weighted by Gasteiger charge is -2.21. The molecule has 0 spiro atoms. The molecule has 1 aromatic heterocycles. The molecule has 0 atom stereocenters. The van der Waals surface area contributed by atoms with E-state index in [9.17, 15) is 9.65 Å². The van der Waals surface area contributed by atoms with Crippen molar-refractivity contribution in [1.82, 2.24) is 15.0 Å². The van der Waals surface area contributed by atoms with Gasteiger partial charge in [0.25, 0.3) is 0 Å². The summed E-state index contributed by atoms with van der Waals surface area (Å²) in [6.45, 7) is 0.321. The minimum Gasteiger partial charge on any atom is -0.243 e. The Hall–Kier alpha value is -2.22. The molecule has 0 N–H and O–H groups in total. The van der Waals surface area contributed by atoms with Crippen molar-refractivity contribution in [2.24, 2.45) is 5.92 Å². The molecule has 23 heavy (non-hydrogen) atoms. The van der Waals surface area contributed by atoms with Crippen molar-refractivity contribution in [2.75, 3.05) is 0 Å². The zero-order chi connectivity index (χ0) is 16.1. The van der Waals surface area contributed by atoms with Crippen LogP contribution in [0.3, 0.4) is 0 Å². The van der Waals surface area contributed by atoms with Crippen LogP contribution in [0, 0.1) is 23.1 Å². The van der Waals surface area contributed by atoms with Crippen LogP contribution in [0.2, 0.25) is 0 Å². The molecule has 1 aliphatic carbocycles. The van der Waals surface area contributed by atoms with Gasteiger partial charge < -0.3 is 0 Å². The molecular formula is C18H21FN4. The molecule has 1 fully saturated rings. The van der Waals surface area contributed by atoms with Crippen LogP contribution in [-0.4, -0.2) is 15.0 Å². The predicted octanol–water partition coefficient (Wildman–Crippen LogP) is 3.85. The van der Waals surface area contributed by atoms with Crippen LogP contribution in [0.5, 0.6) is 0 Å². The molecule has 4 nitrogen and oxygen atoms in total. The highest BCUT2D eigenvalue weighted by Gasteiger charge is 2.18. The van der Waals surface area contributed by atoms with E-state index in [0.717, 1.165) is 24.5 Å². The van der Waals surface area contributed by atoms with E-state index in [1.54, 1.807) is 16.8 Å². The number of aromatic nitrogens is 3. The Morgan fingerprint density at radius 1 is 1.22 bits per heavy atom. The standard InChI is InChI=1S/C18H21FN4/c19-16-9-5-4-8-15(16)13-23-18(17(12-20)21-22-23)11-10-14-6-2-1-3-7-14/h4-5,8-9,14H,1-3,6-7,10-11,13H2. The van der Waals surface area contributed by atoms with Crippen LogP contribution in [0.15, 0.2) is 24.3 Å². The summed E-state index contributed by atoms with van der Waals surface area (Å²) in [6, 6.07) is 8.78. The van der Waals surface area contributed by atoms with Crippen molar-refractivity contribution >= 4 is 0 Å². The fraction of sp³-hybridized carbons (Fsp3) is 0.500. The molecule has 0 aliphatic heterocycles. The summed E-state index contributed by atoms with van der Waals surface area (Å²) in [5, 5.41) is 17.3. The highest BCUT2D eigenvalue weighted by molar-refractivity contribution is 5.26. The lowest BCUT2D eigenvalue weighted by molar-refractivity contribution is 0.336. The highest BCUT2D eigenvalue weighted by atomic mass is 19.1. The summed E-state index contributed by atoms with van der Waals surface area (Å²) in [7, 11) is 0. The maximum absolute atomic E-state index is 13.8. The molecule has 1 heterocycles. The smallest absolute Gasteiger partial charge is 0.185 e. The Morgan fingerprint density at radius 3 is 2.74 bits per heavy atom. The van der Waals surface area contributed by atoms with Gasteiger partial charge in [0.1, 0.15) is 11.9 Å². The lowest BCUT2D eigenvalue weighted by atomic mass is 9.85. The molecule has 2 aromatic rings. The first-order valence-electron chi connectivity index (χ1n) is 8.34. The van der Waals surface area contributed by atoms with Crippen molar-refractivity contribution in [3.05, 3.63) is 47.0 Å². The number of halogens is 1. The highest BCUT2D eigenvalue weighted by Crippen LogP contribution is 2.28. The SMILES string of the molecule is N#Cc1nnn(Cc2ccccc2F)c1CCC1CCCCC1. The summed E-state index contributed by atoms with van der Waals surface area (Å²) in [5.41, 5.74) is 1.78. The molecule has 3 rings (SSSR count). The average Bonchev–Trinajstić information content (AvgIpc) is 2.98. The first-order chi connectivity index (χ1) is 11.3. The van der Waals surface area contributed by atoms with E-state index in [1.807, 2.05) is 6.07 Å². The maximum atomic E-state index is 13.8. The Bertz CT molecular complexity index is 695. The third kappa shape index (κ3) is 3.76.